The predicted octanol–water partition coefficient (Wildman–Crippen LogP) is 3.27. The number of aromatic nitrogens is 2. The third-order valence-corrected chi connectivity index (χ3v) is 4.20. The Morgan fingerprint density at radius 2 is 2.24 bits per heavy atom. The van der Waals surface area contributed by atoms with E-state index in [9.17, 15) is 0 Å². The van der Waals surface area contributed by atoms with Crippen molar-refractivity contribution in [1.29, 1.82) is 0 Å². The maximum atomic E-state index is 5.00. The first-order chi connectivity index (χ1) is 10.3. The van der Waals surface area contributed by atoms with Crippen molar-refractivity contribution in [3.8, 4) is 0 Å². The molecule has 4 nitrogen and oxygen atoms in total. The number of benzene rings is 1. The van der Waals surface area contributed by atoms with Gasteiger partial charge in [-0.3, -0.25) is 0 Å². The summed E-state index contributed by atoms with van der Waals surface area (Å²) in [7, 11) is 1.70. The first-order valence-corrected chi connectivity index (χ1v) is 8.44. The van der Waals surface area contributed by atoms with Crippen LogP contribution in [0, 0.1) is 0 Å². The Morgan fingerprint density at radius 3 is 3.05 bits per heavy atom. The summed E-state index contributed by atoms with van der Waals surface area (Å²) in [5.41, 5.74) is 1.01. The van der Waals surface area contributed by atoms with E-state index in [1.165, 1.54) is 4.90 Å². The molecule has 1 aromatic carbocycles. The highest BCUT2D eigenvalue weighted by Crippen LogP contribution is 2.24. The van der Waals surface area contributed by atoms with Crippen molar-refractivity contribution < 1.29 is 4.74 Å². The van der Waals surface area contributed by atoms with Crippen LogP contribution in [0.2, 0.25) is 0 Å². The number of methoxy groups -OCH3 is 1. The molecule has 0 saturated heterocycles. The van der Waals surface area contributed by atoms with Gasteiger partial charge in [0.1, 0.15) is 5.82 Å². The zero-order valence-corrected chi connectivity index (χ0v) is 14.3. The Morgan fingerprint density at radius 1 is 1.33 bits per heavy atom. The Kier molecular flexibility index (Phi) is 7.15. The van der Waals surface area contributed by atoms with Crippen LogP contribution in [0.4, 0.5) is 0 Å². The Hall–Kier alpha value is -0.950. The first-order valence-electron chi connectivity index (χ1n) is 6.67. The van der Waals surface area contributed by atoms with Crippen molar-refractivity contribution in [2.45, 2.75) is 17.2 Å². The van der Waals surface area contributed by atoms with Crippen LogP contribution in [0.3, 0.4) is 0 Å². The second-order valence-corrected chi connectivity index (χ2v) is 6.34. The van der Waals surface area contributed by atoms with Gasteiger partial charge in [0.2, 0.25) is 0 Å². The molecular formula is C15H18BrN3OS. The summed E-state index contributed by atoms with van der Waals surface area (Å²) in [4.78, 5) is 10.1. The fourth-order valence-electron chi connectivity index (χ4n) is 1.70. The van der Waals surface area contributed by atoms with Crippen LogP contribution in [0.5, 0.6) is 0 Å². The van der Waals surface area contributed by atoms with E-state index in [4.69, 9.17) is 4.74 Å². The van der Waals surface area contributed by atoms with E-state index in [0.717, 1.165) is 34.8 Å². The van der Waals surface area contributed by atoms with E-state index in [1.807, 2.05) is 24.4 Å². The standard InChI is InChI=1S/C15H18BrN3OS/c1-20-8-7-17-10-13-5-6-18-15(19-13)11-21-14-4-2-3-12(16)9-14/h2-6,9,17H,7-8,10-11H2,1H3. The molecule has 1 N–H and O–H groups in total. The SMILES string of the molecule is COCCNCc1ccnc(CSc2cccc(Br)c2)n1. The lowest BCUT2D eigenvalue weighted by Crippen LogP contribution is -2.19. The minimum atomic E-state index is 0.705. The van der Waals surface area contributed by atoms with E-state index >= 15 is 0 Å². The quantitative estimate of drug-likeness (QED) is 0.573. The molecular weight excluding hydrogens is 350 g/mol. The molecule has 2 aromatic rings. The highest BCUT2D eigenvalue weighted by molar-refractivity contribution is 9.10. The van der Waals surface area contributed by atoms with E-state index < -0.39 is 0 Å². The smallest absolute Gasteiger partial charge is 0.138 e. The molecule has 0 radical (unpaired) electrons. The minimum absolute atomic E-state index is 0.705. The molecule has 0 aliphatic heterocycles. The lowest BCUT2D eigenvalue weighted by molar-refractivity contribution is 0.199. The topological polar surface area (TPSA) is 47.0 Å². The highest BCUT2D eigenvalue weighted by atomic mass is 79.9. The van der Waals surface area contributed by atoms with Crippen LogP contribution >= 0.6 is 27.7 Å². The van der Waals surface area contributed by atoms with E-state index in [2.05, 4.69) is 43.3 Å². The maximum absolute atomic E-state index is 5.00. The average molecular weight is 368 g/mol. The van der Waals surface area contributed by atoms with Gasteiger partial charge in [-0.15, -0.1) is 11.8 Å². The third kappa shape index (κ3) is 6.13. The molecule has 0 spiro atoms. The summed E-state index contributed by atoms with van der Waals surface area (Å²) in [6.07, 6.45) is 1.82. The molecule has 21 heavy (non-hydrogen) atoms. The number of ether oxygens (including phenoxy) is 1. The Labute approximate surface area is 137 Å². The van der Waals surface area contributed by atoms with Gasteiger partial charge in [0.15, 0.2) is 0 Å². The Bertz CT molecular complexity index is 568. The van der Waals surface area contributed by atoms with Gasteiger partial charge in [-0.05, 0) is 24.3 Å². The number of hydrogen-bond donors (Lipinski definition) is 1. The van der Waals surface area contributed by atoms with Gasteiger partial charge >= 0.3 is 0 Å². The molecule has 1 aromatic heterocycles. The van der Waals surface area contributed by atoms with Crippen LogP contribution in [0.15, 0.2) is 45.9 Å². The summed E-state index contributed by atoms with van der Waals surface area (Å²) < 4.78 is 6.09. The molecule has 6 heteroatoms. The highest BCUT2D eigenvalue weighted by Gasteiger charge is 2.02. The van der Waals surface area contributed by atoms with Crippen molar-refractivity contribution in [1.82, 2.24) is 15.3 Å². The molecule has 0 bridgehead atoms. The third-order valence-electron chi connectivity index (χ3n) is 2.72. The van der Waals surface area contributed by atoms with Crippen molar-refractivity contribution in [3.05, 3.63) is 52.5 Å². The van der Waals surface area contributed by atoms with Gasteiger partial charge in [0.25, 0.3) is 0 Å². The van der Waals surface area contributed by atoms with Gasteiger partial charge in [-0.2, -0.15) is 0 Å². The second-order valence-electron chi connectivity index (χ2n) is 4.38. The van der Waals surface area contributed by atoms with Crippen LogP contribution in [-0.2, 0) is 17.0 Å². The van der Waals surface area contributed by atoms with Crippen molar-refractivity contribution in [3.63, 3.8) is 0 Å². The second kappa shape index (κ2) is 9.15. The average Bonchev–Trinajstić information content (AvgIpc) is 2.50. The van der Waals surface area contributed by atoms with Crippen LogP contribution in [-0.4, -0.2) is 30.2 Å². The lowest BCUT2D eigenvalue weighted by Gasteiger charge is -2.06. The van der Waals surface area contributed by atoms with Crippen molar-refractivity contribution in [2.75, 3.05) is 20.3 Å². The number of hydrogen-bond acceptors (Lipinski definition) is 5. The molecule has 0 saturated carbocycles. The molecule has 0 fully saturated rings. The van der Waals surface area contributed by atoms with Crippen molar-refractivity contribution >= 4 is 27.7 Å². The van der Waals surface area contributed by atoms with Gasteiger partial charge < -0.3 is 10.1 Å². The molecule has 112 valence electrons. The fraction of sp³-hybridized carbons (Fsp3) is 0.333. The van der Waals surface area contributed by atoms with Crippen LogP contribution in [0.25, 0.3) is 0 Å². The minimum Gasteiger partial charge on any atom is -0.383 e. The van der Waals surface area contributed by atoms with E-state index in [-0.39, 0.29) is 0 Å². The summed E-state index contributed by atoms with van der Waals surface area (Å²) in [6.45, 7) is 2.26. The summed E-state index contributed by atoms with van der Waals surface area (Å²) in [5, 5.41) is 3.28. The number of thioether (sulfide) groups is 1. The largest absolute Gasteiger partial charge is 0.383 e. The monoisotopic (exact) mass is 367 g/mol. The Balaban J connectivity index is 1.86. The molecule has 2 rings (SSSR count). The zero-order valence-electron chi connectivity index (χ0n) is 11.9. The summed E-state index contributed by atoms with van der Waals surface area (Å²) in [6, 6.07) is 10.2. The molecule has 0 unspecified atom stereocenters. The fourth-order valence-corrected chi connectivity index (χ4v) is 3.08. The molecule has 0 amide bonds. The van der Waals surface area contributed by atoms with Crippen molar-refractivity contribution in [2.24, 2.45) is 0 Å². The molecule has 0 atom stereocenters. The summed E-state index contributed by atoms with van der Waals surface area (Å²) in [5.74, 6) is 1.62. The molecule has 0 aliphatic carbocycles. The molecule has 0 aliphatic rings. The summed E-state index contributed by atoms with van der Waals surface area (Å²) >= 11 is 5.21. The predicted molar refractivity (Wildman–Crippen MR) is 89.3 cm³/mol. The van der Waals surface area contributed by atoms with Gasteiger partial charge in [-0.25, -0.2) is 9.97 Å². The first kappa shape index (κ1) is 16.4. The lowest BCUT2D eigenvalue weighted by atomic mass is 10.4. The van der Waals surface area contributed by atoms with Gasteiger partial charge in [0.05, 0.1) is 18.1 Å². The van der Waals surface area contributed by atoms with Gasteiger partial charge in [0, 0.05) is 35.8 Å². The number of nitrogens with zero attached hydrogens (tertiary/aromatic N) is 2. The normalized spacial score (nSPS) is 10.8. The maximum Gasteiger partial charge on any atom is 0.138 e. The van der Waals surface area contributed by atoms with Gasteiger partial charge in [-0.1, -0.05) is 22.0 Å². The van der Waals surface area contributed by atoms with E-state index in [0.29, 0.717) is 6.61 Å². The van der Waals surface area contributed by atoms with E-state index in [1.54, 1.807) is 18.9 Å². The number of rotatable bonds is 8. The van der Waals surface area contributed by atoms with Crippen LogP contribution in [0.1, 0.15) is 11.5 Å². The van der Waals surface area contributed by atoms with Crippen LogP contribution < -0.4 is 5.32 Å². The molecule has 1 heterocycles. The zero-order chi connectivity index (χ0) is 14.9. The number of halogens is 1. The number of nitrogens with one attached hydrogen (secondary N) is 1.